The molecule has 0 aliphatic rings. The summed E-state index contributed by atoms with van der Waals surface area (Å²) in [5, 5.41) is 5.07. The van der Waals surface area contributed by atoms with Gasteiger partial charge in [-0.25, -0.2) is 9.48 Å². The first-order valence-corrected chi connectivity index (χ1v) is 9.41. The van der Waals surface area contributed by atoms with Crippen LogP contribution in [0.5, 0.6) is 11.6 Å². The molecule has 0 saturated carbocycles. The number of ether oxygens (including phenoxy) is 4. The minimum absolute atomic E-state index is 0.0529. The number of hydrogen-bond acceptors (Lipinski definition) is 6. The van der Waals surface area contributed by atoms with Crippen molar-refractivity contribution in [3.63, 3.8) is 0 Å². The quantitative estimate of drug-likeness (QED) is 0.300. The Morgan fingerprint density at radius 3 is 2.60 bits per heavy atom. The van der Waals surface area contributed by atoms with E-state index in [0.29, 0.717) is 16.7 Å². The van der Waals surface area contributed by atoms with E-state index in [-0.39, 0.29) is 12.4 Å². The lowest BCUT2D eigenvalue weighted by molar-refractivity contribution is -0.138. The van der Waals surface area contributed by atoms with Gasteiger partial charge in [0, 0.05) is 17.3 Å². The van der Waals surface area contributed by atoms with Crippen molar-refractivity contribution >= 4 is 17.6 Å². The van der Waals surface area contributed by atoms with E-state index in [4.69, 9.17) is 30.5 Å². The highest BCUT2D eigenvalue weighted by atomic mass is 35.5. The highest BCUT2D eigenvalue weighted by Gasteiger charge is 2.15. The molecule has 0 aliphatic heterocycles. The molecule has 7 nitrogen and oxygen atoms in total. The number of carbonyl (C=O) groups is 1. The van der Waals surface area contributed by atoms with Crippen LogP contribution in [0.4, 0.5) is 0 Å². The number of nitrogens with zero attached hydrogens (tertiary/aromatic N) is 2. The van der Waals surface area contributed by atoms with Crippen LogP contribution >= 0.6 is 11.6 Å². The Morgan fingerprint density at radius 1 is 1.13 bits per heavy atom. The molecule has 0 aliphatic carbocycles. The molecule has 1 heterocycles. The summed E-state index contributed by atoms with van der Waals surface area (Å²) in [6.45, 7) is 2.14. The fourth-order valence-corrected chi connectivity index (χ4v) is 2.69. The zero-order chi connectivity index (χ0) is 21.5. The molecule has 0 atom stereocenters. The number of carbonyl (C=O) groups excluding carboxylic acids is 1. The predicted octanol–water partition coefficient (Wildman–Crippen LogP) is 4.45. The molecule has 30 heavy (non-hydrogen) atoms. The minimum atomic E-state index is -0.634. The number of benzene rings is 2. The van der Waals surface area contributed by atoms with Gasteiger partial charge in [-0.3, -0.25) is 0 Å². The van der Waals surface area contributed by atoms with E-state index in [1.807, 2.05) is 31.2 Å². The molecule has 0 spiro atoms. The van der Waals surface area contributed by atoms with Gasteiger partial charge in [-0.1, -0.05) is 23.7 Å². The molecule has 3 rings (SSSR count). The average Bonchev–Trinajstić information content (AvgIpc) is 3.22. The molecule has 0 unspecified atom stereocenters. The van der Waals surface area contributed by atoms with E-state index in [9.17, 15) is 4.79 Å². The van der Waals surface area contributed by atoms with Gasteiger partial charge in [0.2, 0.25) is 11.6 Å². The van der Waals surface area contributed by atoms with Crippen molar-refractivity contribution in [1.82, 2.24) is 9.78 Å². The summed E-state index contributed by atoms with van der Waals surface area (Å²) in [7, 11) is 2.70. The molecular formula is C22H21ClN2O5. The maximum Gasteiger partial charge on any atom is 0.377 e. The second-order valence-electron chi connectivity index (χ2n) is 6.27. The van der Waals surface area contributed by atoms with Crippen LogP contribution in [0.15, 0.2) is 66.7 Å². The van der Waals surface area contributed by atoms with Gasteiger partial charge in [-0.05, 0) is 48.4 Å². The molecule has 156 valence electrons. The monoisotopic (exact) mass is 428 g/mol. The molecule has 0 radical (unpaired) electrons. The third-order valence-electron chi connectivity index (χ3n) is 4.13. The highest BCUT2D eigenvalue weighted by molar-refractivity contribution is 6.30. The number of aryl methyl sites for hydroxylation is 1. The standard InChI is InChI=1S/C22H21ClN2O5/c1-15-4-5-16(12-19(15)30-20(14-27-2)22(26)28-3)13-29-21-10-11-25(24-21)18-8-6-17(23)7-9-18/h4-12,14H,13H2,1-3H3/b20-14-. The molecule has 2 aromatic carbocycles. The Bertz CT molecular complexity index is 1040. The predicted molar refractivity (Wildman–Crippen MR) is 112 cm³/mol. The van der Waals surface area contributed by atoms with Crippen LogP contribution in [-0.2, 0) is 20.9 Å². The third kappa shape index (κ3) is 5.33. The summed E-state index contributed by atoms with van der Waals surface area (Å²) >= 11 is 5.92. The molecule has 8 heteroatoms. The van der Waals surface area contributed by atoms with Crippen molar-refractivity contribution in [2.24, 2.45) is 0 Å². The molecule has 0 bridgehead atoms. The summed E-state index contributed by atoms with van der Waals surface area (Å²) in [4.78, 5) is 11.8. The molecular weight excluding hydrogens is 408 g/mol. The van der Waals surface area contributed by atoms with Gasteiger partial charge in [0.1, 0.15) is 18.6 Å². The smallest absolute Gasteiger partial charge is 0.377 e. The maximum atomic E-state index is 11.8. The summed E-state index contributed by atoms with van der Waals surface area (Å²) in [5.41, 5.74) is 2.57. The van der Waals surface area contributed by atoms with E-state index in [1.54, 1.807) is 35.1 Å². The topological polar surface area (TPSA) is 71.8 Å². The molecule has 0 amide bonds. The Kier molecular flexibility index (Phi) is 6.98. The Hall–Kier alpha value is -3.45. The number of aromatic nitrogens is 2. The Morgan fingerprint density at radius 2 is 1.90 bits per heavy atom. The van der Waals surface area contributed by atoms with Gasteiger partial charge in [0.05, 0.1) is 19.9 Å². The fraction of sp³-hybridized carbons (Fsp3) is 0.182. The number of esters is 1. The van der Waals surface area contributed by atoms with Crippen LogP contribution in [0, 0.1) is 6.92 Å². The summed E-state index contributed by atoms with van der Waals surface area (Å²) < 4.78 is 22.8. The molecule has 0 saturated heterocycles. The Labute approximate surface area is 179 Å². The highest BCUT2D eigenvalue weighted by Crippen LogP contribution is 2.23. The van der Waals surface area contributed by atoms with Gasteiger partial charge in [-0.2, -0.15) is 0 Å². The van der Waals surface area contributed by atoms with Gasteiger partial charge in [-0.15, -0.1) is 5.10 Å². The van der Waals surface area contributed by atoms with Crippen molar-refractivity contribution in [3.8, 4) is 17.3 Å². The molecule has 3 aromatic rings. The first kappa shape index (κ1) is 21.3. The van der Waals surface area contributed by atoms with Gasteiger partial charge < -0.3 is 18.9 Å². The van der Waals surface area contributed by atoms with Crippen LogP contribution in [0.3, 0.4) is 0 Å². The number of methoxy groups -OCH3 is 2. The van der Waals surface area contributed by atoms with Crippen molar-refractivity contribution in [3.05, 3.63) is 82.9 Å². The van der Waals surface area contributed by atoms with Crippen molar-refractivity contribution in [1.29, 1.82) is 0 Å². The van der Waals surface area contributed by atoms with Gasteiger partial charge in [0.15, 0.2) is 0 Å². The lowest BCUT2D eigenvalue weighted by atomic mass is 10.1. The summed E-state index contributed by atoms with van der Waals surface area (Å²) in [5.74, 6) is 0.285. The van der Waals surface area contributed by atoms with Crippen molar-refractivity contribution in [2.45, 2.75) is 13.5 Å². The second-order valence-corrected chi connectivity index (χ2v) is 6.71. The fourth-order valence-electron chi connectivity index (χ4n) is 2.56. The first-order valence-electron chi connectivity index (χ1n) is 9.03. The van der Waals surface area contributed by atoms with E-state index in [1.165, 1.54) is 20.5 Å². The van der Waals surface area contributed by atoms with Crippen LogP contribution in [0.2, 0.25) is 5.02 Å². The van der Waals surface area contributed by atoms with Crippen LogP contribution in [0.25, 0.3) is 5.69 Å². The second kappa shape index (κ2) is 9.84. The van der Waals surface area contributed by atoms with Crippen molar-refractivity contribution < 1.29 is 23.7 Å². The normalized spacial score (nSPS) is 11.1. The first-order chi connectivity index (χ1) is 14.5. The maximum absolute atomic E-state index is 11.8. The summed E-state index contributed by atoms with van der Waals surface area (Å²) in [6.07, 6.45) is 3.00. The van der Waals surface area contributed by atoms with E-state index >= 15 is 0 Å². The Balaban J connectivity index is 1.69. The van der Waals surface area contributed by atoms with Gasteiger partial charge in [0.25, 0.3) is 0 Å². The number of halogens is 1. The molecule has 1 aromatic heterocycles. The number of hydrogen-bond donors (Lipinski definition) is 0. The van der Waals surface area contributed by atoms with Crippen molar-refractivity contribution in [2.75, 3.05) is 14.2 Å². The lowest BCUT2D eigenvalue weighted by Gasteiger charge is -2.12. The SMILES string of the molecule is CO/C=C(\Oc1cc(COc2ccn(-c3ccc(Cl)cc3)n2)ccc1C)C(=O)OC. The zero-order valence-electron chi connectivity index (χ0n) is 16.8. The van der Waals surface area contributed by atoms with Crippen LogP contribution in [-0.4, -0.2) is 30.0 Å². The van der Waals surface area contributed by atoms with E-state index in [2.05, 4.69) is 5.10 Å². The summed E-state index contributed by atoms with van der Waals surface area (Å²) in [6, 6.07) is 14.7. The molecule has 0 fully saturated rings. The van der Waals surface area contributed by atoms with Crippen LogP contribution in [0.1, 0.15) is 11.1 Å². The third-order valence-corrected chi connectivity index (χ3v) is 4.38. The van der Waals surface area contributed by atoms with Gasteiger partial charge >= 0.3 is 5.97 Å². The van der Waals surface area contributed by atoms with Crippen LogP contribution < -0.4 is 9.47 Å². The largest absolute Gasteiger partial charge is 0.500 e. The minimum Gasteiger partial charge on any atom is -0.500 e. The average molecular weight is 429 g/mol. The molecule has 0 N–H and O–H groups in total. The van der Waals surface area contributed by atoms with E-state index < -0.39 is 5.97 Å². The number of rotatable bonds is 8. The lowest BCUT2D eigenvalue weighted by Crippen LogP contribution is -2.12. The van der Waals surface area contributed by atoms with E-state index in [0.717, 1.165) is 16.8 Å². The zero-order valence-corrected chi connectivity index (χ0v) is 17.6.